The number of nitrogens with zero attached hydrogens (tertiary/aromatic N) is 1. The average Bonchev–Trinajstić information content (AvgIpc) is 2.46. The number of nitriles is 1. The third-order valence-corrected chi connectivity index (χ3v) is 2.74. The summed E-state index contributed by atoms with van der Waals surface area (Å²) < 4.78 is 0. The molecule has 0 aliphatic rings. The van der Waals surface area contributed by atoms with Gasteiger partial charge in [-0.1, -0.05) is 24.3 Å². The Morgan fingerprint density at radius 3 is 2.44 bits per heavy atom. The Labute approximate surface area is 107 Å². The van der Waals surface area contributed by atoms with Gasteiger partial charge in [-0.15, -0.1) is 0 Å². The van der Waals surface area contributed by atoms with Crippen LogP contribution < -0.4 is 11.1 Å². The molecule has 0 aromatic heterocycles. The van der Waals surface area contributed by atoms with E-state index in [1.807, 2.05) is 24.3 Å². The lowest BCUT2D eigenvalue weighted by molar-refractivity contribution is 1.05. The molecule has 18 heavy (non-hydrogen) atoms. The molecule has 2 rings (SSSR count). The topological polar surface area (TPSA) is 61.8 Å². The summed E-state index contributed by atoms with van der Waals surface area (Å²) in [5, 5.41) is 12.0. The summed E-state index contributed by atoms with van der Waals surface area (Å²) >= 11 is 0. The van der Waals surface area contributed by atoms with Gasteiger partial charge in [0, 0.05) is 18.8 Å². The summed E-state index contributed by atoms with van der Waals surface area (Å²) in [6.45, 7) is 1.31. The molecule has 0 unspecified atom stereocenters. The number of hydrogen-bond donors (Lipinski definition) is 2. The second-order valence-corrected chi connectivity index (χ2v) is 4.07. The lowest BCUT2D eigenvalue weighted by atomic mass is 10.1. The van der Waals surface area contributed by atoms with E-state index < -0.39 is 0 Å². The zero-order valence-electron chi connectivity index (χ0n) is 10.1. The molecule has 90 valence electrons. The first kappa shape index (κ1) is 12.2. The molecule has 0 aliphatic heterocycles. The van der Waals surface area contributed by atoms with Crippen molar-refractivity contribution in [3.8, 4) is 6.07 Å². The van der Waals surface area contributed by atoms with Crippen molar-refractivity contribution in [2.45, 2.75) is 13.1 Å². The van der Waals surface area contributed by atoms with Crippen molar-refractivity contribution >= 4 is 5.69 Å². The monoisotopic (exact) mass is 237 g/mol. The van der Waals surface area contributed by atoms with Gasteiger partial charge in [0.05, 0.1) is 11.6 Å². The summed E-state index contributed by atoms with van der Waals surface area (Å²) in [6.07, 6.45) is 0. The SMILES string of the molecule is N#Cc1ccc(NCc2cccc(CN)c2)cc1. The molecule has 0 amide bonds. The third-order valence-electron chi connectivity index (χ3n) is 2.74. The molecule has 0 heterocycles. The standard InChI is InChI=1S/C15H15N3/c16-9-12-4-6-15(7-5-12)18-11-14-3-1-2-13(8-14)10-17/h1-8,18H,10-11,17H2. The highest BCUT2D eigenvalue weighted by Crippen LogP contribution is 2.11. The van der Waals surface area contributed by atoms with Gasteiger partial charge in [0.15, 0.2) is 0 Å². The van der Waals surface area contributed by atoms with E-state index in [2.05, 4.69) is 23.5 Å². The van der Waals surface area contributed by atoms with Crippen LogP contribution in [-0.4, -0.2) is 0 Å². The maximum absolute atomic E-state index is 8.71. The predicted molar refractivity (Wildman–Crippen MR) is 72.8 cm³/mol. The van der Waals surface area contributed by atoms with Crippen molar-refractivity contribution in [1.82, 2.24) is 0 Å². The number of anilines is 1. The van der Waals surface area contributed by atoms with Gasteiger partial charge in [0.2, 0.25) is 0 Å². The zero-order valence-corrected chi connectivity index (χ0v) is 10.1. The Morgan fingerprint density at radius 1 is 1.06 bits per heavy atom. The van der Waals surface area contributed by atoms with Gasteiger partial charge in [-0.25, -0.2) is 0 Å². The lowest BCUT2D eigenvalue weighted by Gasteiger charge is -2.07. The Kier molecular flexibility index (Phi) is 3.95. The quantitative estimate of drug-likeness (QED) is 0.859. The summed E-state index contributed by atoms with van der Waals surface area (Å²) in [4.78, 5) is 0. The van der Waals surface area contributed by atoms with E-state index in [0.717, 1.165) is 17.8 Å². The van der Waals surface area contributed by atoms with Crippen molar-refractivity contribution in [3.63, 3.8) is 0 Å². The fourth-order valence-corrected chi connectivity index (χ4v) is 1.73. The van der Waals surface area contributed by atoms with Gasteiger partial charge in [0.25, 0.3) is 0 Å². The van der Waals surface area contributed by atoms with Gasteiger partial charge >= 0.3 is 0 Å². The van der Waals surface area contributed by atoms with Crippen LogP contribution in [0.5, 0.6) is 0 Å². The molecular weight excluding hydrogens is 222 g/mol. The smallest absolute Gasteiger partial charge is 0.0991 e. The molecule has 3 nitrogen and oxygen atoms in total. The number of nitrogens with two attached hydrogens (primary N) is 1. The number of rotatable bonds is 4. The molecule has 0 aliphatic carbocycles. The first-order chi connectivity index (χ1) is 8.81. The van der Waals surface area contributed by atoms with Crippen molar-refractivity contribution < 1.29 is 0 Å². The molecule has 0 bridgehead atoms. The maximum atomic E-state index is 8.71. The maximum Gasteiger partial charge on any atom is 0.0991 e. The summed E-state index contributed by atoms with van der Waals surface area (Å²) in [5.74, 6) is 0. The molecule has 0 fully saturated rings. The zero-order chi connectivity index (χ0) is 12.8. The van der Waals surface area contributed by atoms with Crippen molar-refractivity contribution in [2.24, 2.45) is 5.73 Å². The normalized spacial score (nSPS) is 9.78. The molecule has 0 radical (unpaired) electrons. The van der Waals surface area contributed by atoms with E-state index in [0.29, 0.717) is 12.1 Å². The molecule has 0 saturated carbocycles. The minimum atomic E-state index is 0.560. The molecule has 2 aromatic rings. The van der Waals surface area contributed by atoms with E-state index in [1.165, 1.54) is 5.56 Å². The highest BCUT2D eigenvalue weighted by molar-refractivity contribution is 5.47. The van der Waals surface area contributed by atoms with Crippen LogP contribution in [0.2, 0.25) is 0 Å². The number of hydrogen-bond acceptors (Lipinski definition) is 3. The number of nitrogens with one attached hydrogen (secondary N) is 1. The van der Waals surface area contributed by atoms with Gasteiger partial charge < -0.3 is 11.1 Å². The van der Waals surface area contributed by atoms with Crippen LogP contribution in [0, 0.1) is 11.3 Å². The molecule has 2 aromatic carbocycles. The van der Waals surface area contributed by atoms with E-state index in [-0.39, 0.29) is 0 Å². The van der Waals surface area contributed by atoms with Crippen LogP contribution in [0.1, 0.15) is 16.7 Å². The third kappa shape index (κ3) is 3.09. The van der Waals surface area contributed by atoms with Crippen molar-refractivity contribution in [2.75, 3.05) is 5.32 Å². The second kappa shape index (κ2) is 5.85. The molecular formula is C15H15N3. The van der Waals surface area contributed by atoms with Crippen LogP contribution in [-0.2, 0) is 13.1 Å². The summed E-state index contributed by atoms with van der Waals surface area (Å²) in [5.41, 5.74) is 9.62. The predicted octanol–water partition coefficient (Wildman–Crippen LogP) is 2.63. The minimum Gasteiger partial charge on any atom is -0.381 e. The van der Waals surface area contributed by atoms with E-state index >= 15 is 0 Å². The summed E-state index contributed by atoms with van der Waals surface area (Å²) in [7, 11) is 0. The van der Waals surface area contributed by atoms with E-state index in [4.69, 9.17) is 11.0 Å². The molecule has 0 atom stereocenters. The highest BCUT2D eigenvalue weighted by atomic mass is 14.9. The van der Waals surface area contributed by atoms with Crippen LogP contribution in [0.4, 0.5) is 5.69 Å². The van der Waals surface area contributed by atoms with E-state index in [9.17, 15) is 0 Å². The molecule has 0 spiro atoms. The summed E-state index contributed by atoms with van der Waals surface area (Å²) in [6, 6.07) is 17.7. The van der Waals surface area contributed by atoms with Crippen molar-refractivity contribution in [1.29, 1.82) is 5.26 Å². The molecule has 3 heteroatoms. The Hall–Kier alpha value is -2.31. The van der Waals surface area contributed by atoms with Gasteiger partial charge in [-0.2, -0.15) is 5.26 Å². The fraction of sp³-hybridized carbons (Fsp3) is 0.133. The highest BCUT2D eigenvalue weighted by Gasteiger charge is 1.96. The molecule has 3 N–H and O–H groups in total. The van der Waals surface area contributed by atoms with Crippen LogP contribution in [0.3, 0.4) is 0 Å². The second-order valence-electron chi connectivity index (χ2n) is 4.07. The van der Waals surface area contributed by atoms with Crippen molar-refractivity contribution in [3.05, 3.63) is 65.2 Å². The lowest BCUT2D eigenvalue weighted by Crippen LogP contribution is -2.01. The largest absolute Gasteiger partial charge is 0.381 e. The first-order valence-electron chi connectivity index (χ1n) is 5.84. The Bertz CT molecular complexity index is 553. The Balaban J connectivity index is 2.00. The number of benzene rings is 2. The Morgan fingerprint density at radius 2 is 1.78 bits per heavy atom. The van der Waals surface area contributed by atoms with Gasteiger partial charge in [-0.3, -0.25) is 0 Å². The fourth-order valence-electron chi connectivity index (χ4n) is 1.73. The van der Waals surface area contributed by atoms with Gasteiger partial charge in [0.1, 0.15) is 0 Å². The van der Waals surface area contributed by atoms with Gasteiger partial charge in [-0.05, 0) is 35.4 Å². The minimum absolute atomic E-state index is 0.560. The van der Waals surface area contributed by atoms with Crippen LogP contribution in [0.25, 0.3) is 0 Å². The van der Waals surface area contributed by atoms with E-state index in [1.54, 1.807) is 12.1 Å². The average molecular weight is 237 g/mol. The first-order valence-corrected chi connectivity index (χ1v) is 5.84. The van der Waals surface area contributed by atoms with Crippen LogP contribution >= 0.6 is 0 Å². The van der Waals surface area contributed by atoms with Crippen LogP contribution in [0.15, 0.2) is 48.5 Å². The molecule has 0 saturated heterocycles.